The number of piperidine rings is 1. The Bertz CT molecular complexity index is 795. The molecule has 1 atom stereocenters. The van der Waals surface area contributed by atoms with Crippen molar-refractivity contribution in [3.8, 4) is 0 Å². The molecule has 1 aliphatic heterocycles. The first kappa shape index (κ1) is 20.2. The van der Waals surface area contributed by atoms with E-state index in [4.69, 9.17) is 5.10 Å². The second-order valence-electron chi connectivity index (χ2n) is 7.85. The number of carbonyl (C=O) groups excluding carboxylic acids is 1. The maximum atomic E-state index is 13.0. The Hall–Kier alpha value is -1.59. The van der Waals surface area contributed by atoms with Crippen LogP contribution in [0.15, 0.2) is 29.2 Å². The van der Waals surface area contributed by atoms with Gasteiger partial charge in [0.15, 0.2) is 5.78 Å². The fourth-order valence-corrected chi connectivity index (χ4v) is 4.46. The first-order valence-electron chi connectivity index (χ1n) is 9.86. The predicted molar refractivity (Wildman–Crippen MR) is 113 cm³/mol. The number of aryl methyl sites for hydroxylation is 1. The van der Waals surface area contributed by atoms with E-state index in [9.17, 15) is 4.79 Å². The number of ketones is 1. The molecule has 1 saturated heterocycles. The molecule has 2 heterocycles. The monoisotopic (exact) mass is 385 g/mol. The van der Waals surface area contributed by atoms with Gasteiger partial charge in [0, 0.05) is 46.8 Å². The predicted octanol–water partition coefficient (Wildman–Crippen LogP) is 4.90. The molecule has 1 aromatic heterocycles. The first-order valence-corrected chi connectivity index (χ1v) is 11.1. The Kier molecular flexibility index (Phi) is 6.43. The maximum Gasteiger partial charge on any atom is 0.167 e. The van der Waals surface area contributed by atoms with E-state index in [2.05, 4.69) is 43.5 Å². The van der Waals surface area contributed by atoms with Crippen LogP contribution in [0.3, 0.4) is 0 Å². The summed E-state index contributed by atoms with van der Waals surface area (Å²) in [5, 5.41) is 4.71. The number of likely N-dealkylation sites (tertiary alicyclic amines) is 1. The van der Waals surface area contributed by atoms with Crippen molar-refractivity contribution in [3.63, 3.8) is 0 Å². The number of carbonyl (C=O) groups is 1. The van der Waals surface area contributed by atoms with Gasteiger partial charge in [-0.3, -0.25) is 14.4 Å². The largest absolute Gasteiger partial charge is 0.298 e. The van der Waals surface area contributed by atoms with Crippen molar-refractivity contribution >= 4 is 17.5 Å². The number of benzene rings is 1. The highest BCUT2D eigenvalue weighted by molar-refractivity contribution is 7.98. The number of thioether (sulfide) groups is 1. The summed E-state index contributed by atoms with van der Waals surface area (Å²) in [5.74, 6) is 0.387. The average molecular weight is 386 g/mol. The second-order valence-corrected chi connectivity index (χ2v) is 8.73. The number of rotatable bonds is 6. The molecule has 0 saturated carbocycles. The topological polar surface area (TPSA) is 38.1 Å². The van der Waals surface area contributed by atoms with E-state index in [0.717, 1.165) is 43.7 Å². The zero-order valence-corrected chi connectivity index (χ0v) is 18.0. The van der Waals surface area contributed by atoms with Crippen molar-refractivity contribution < 1.29 is 4.79 Å². The average Bonchev–Trinajstić information content (AvgIpc) is 2.96. The van der Waals surface area contributed by atoms with Crippen LogP contribution in [0.5, 0.6) is 0 Å². The van der Waals surface area contributed by atoms with E-state index in [1.54, 1.807) is 11.8 Å². The molecule has 0 bridgehead atoms. The summed E-state index contributed by atoms with van der Waals surface area (Å²) in [5.41, 5.74) is 4.53. The van der Waals surface area contributed by atoms with Crippen LogP contribution < -0.4 is 0 Å². The molecule has 27 heavy (non-hydrogen) atoms. The summed E-state index contributed by atoms with van der Waals surface area (Å²) < 4.78 is 2.12. The standard InChI is InChI=1S/C22H31N3OS/c1-15(2)25-17(4)21(16(3)23-25)14-24-12-6-7-19(13-24)22(26)18-8-10-20(27-5)11-9-18/h8-11,15,19H,6-7,12-14H2,1-5H3. The van der Waals surface area contributed by atoms with Gasteiger partial charge < -0.3 is 0 Å². The van der Waals surface area contributed by atoms with Crippen LogP contribution in [-0.2, 0) is 6.54 Å². The van der Waals surface area contributed by atoms with Crippen molar-refractivity contribution in [2.45, 2.75) is 58.0 Å². The minimum atomic E-state index is 0.0969. The quantitative estimate of drug-likeness (QED) is 0.524. The summed E-state index contributed by atoms with van der Waals surface area (Å²) in [6, 6.07) is 8.43. The lowest BCUT2D eigenvalue weighted by Gasteiger charge is -2.32. The molecule has 2 aromatic rings. The Labute approximate surface area is 167 Å². The van der Waals surface area contributed by atoms with E-state index < -0.39 is 0 Å². The Morgan fingerprint density at radius 1 is 1.26 bits per heavy atom. The minimum absolute atomic E-state index is 0.0969. The lowest BCUT2D eigenvalue weighted by molar-refractivity contribution is 0.0811. The summed E-state index contributed by atoms with van der Waals surface area (Å²) in [4.78, 5) is 16.6. The number of hydrogen-bond acceptors (Lipinski definition) is 4. The van der Waals surface area contributed by atoms with Gasteiger partial charge in [-0.15, -0.1) is 11.8 Å². The summed E-state index contributed by atoms with van der Waals surface area (Å²) in [6.45, 7) is 11.4. The molecule has 0 amide bonds. The zero-order chi connectivity index (χ0) is 19.6. The van der Waals surface area contributed by atoms with Crippen LogP contribution in [0.4, 0.5) is 0 Å². The number of Topliss-reactive ketones (excluding diaryl/α,β-unsaturated/α-hetero) is 1. The van der Waals surface area contributed by atoms with Crippen LogP contribution in [0.2, 0.25) is 0 Å². The third-order valence-electron chi connectivity index (χ3n) is 5.60. The number of hydrogen-bond donors (Lipinski definition) is 0. The molecule has 5 heteroatoms. The van der Waals surface area contributed by atoms with Gasteiger partial charge in [-0.05, 0) is 65.5 Å². The van der Waals surface area contributed by atoms with Crippen molar-refractivity contribution in [1.29, 1.82) is 0 Å². The van der Waals surface area contributed by atoms with E-state index in [1.807, 2.05) is 24.3 Å². The summed E-state index contributed by atoms with van der Waals surface area (Å²) >= 11 is 1.71. The molecule has 4 nitrogen and oxygen atoms in total. The highest BCUT2D eigenvalue weighted by Crippen LogP contribution is 2.26. The SMILES string of the molecule is CSc1ccc(C(=O)C2CCCN(Cc3c(C)nn(C(C)C)c3C)C2)cc1. The fraction of sp³-hybridized carbons (Fsp3) is 0.545. The van der Waals surface area contributed by atoms with Crippen LogP contribution in [-0.4, -0.2) is 39.8 Å². The van der Waals surface area contributed by atoms with Crippen LogP contribution in [0.1, 0.15) is 60.0 Å². The van der Waals surface area contributed by atoms with E-state index in [-0.39, 0.29) is 5.92 Å². The van der Waals surface area contributed by atoms with Gasteiger partial charge in [0.05, 0.1) is 5.69 Å². The van der Waals surface area contributed by atoms with Crippen molar-refractivity contribution in [2.24, 2.45) is 5.92 Å². The normalized spacial score (nSPS) is 18.2. The molecular weight excluding hydrogens is 354 g/mol. The van der Waals surface area contributed by atoms with Gasteiger partial charge >= 0.3 is 0 Å². The highest BCUT2D eigenvalue weighted by Gasteiger charge is 2.27. The van der Waals surface area contributed by atoms with Gasteiger partial charge in [-0.2, -0.15) is 5.10 Å². The molecular formula is C22H31N3OS. The molecule has 1 aliphatic rings. The summed E-state index contributed by atoms with van der Waals surface area (Å²) in [7, 11) is 0. The van der Waals surface area contributed by atoms with E-state index in [1.165, 1.54) is 16.2 Å². The summed E-state index contributed by atoms with van der Waals surface area (Å²) in [6.07, 6.45) is 4.12. The van der Waals surface area contributed by atoms with E-state index in [0.29, 0.717) is 11.8 Å². The molecule has 0 aliphatic carbocycles. The zero-order valence-electron chi connectivity index (χ0n) is 17.2. The van der Waals surface area contributed by atoms with Gasteiger partial charge in [-0.1, -0.05) is 12.1 Å². The highest BCUT2D eigenvalue weighted by atomic mass is 32.2. The smallest absolute Gasteiger partial charge is 0.167 e. The lowest BCUT2D eigenvalue weighted by Crippen LogP contribution is -2.38. The molecule has 0 radical (unpaired) electrons. The fourth-order valence-electron chi connectivity index (χ4n) is 4.06. The Morgan fingerprint density at radius 3 is 2.56 bits per heavy atom. The van der Waals surface area contributed by atoms with Crippen LogP contribution in [0, 0.1) is 19.8 Å². The molecule has 0 N–H and O–H groups in total. The molecule has 1 unspecified atom stereocenters. The lowest BCUT2D eigenvalue weighted by atomic mass is 9.90. The van der Waals surface area contributed by atoms with Crippen molar-refractivity contribution in [1.82, 2.24) is 14.7 Å². The number of nitrogens with zero attached hydrogens (tertiary/aromatic N) is 3. The van der Waals surface area contributed by atoms with Crippen molar-refractivity contribution in [2.75, 3.05) is 19.3 Å². The molecule has 3 rings (SSSR count). The third kappa shape index (κ3) is 4.46. The Morgan fingerprint density at radius 2 is 1.96 bits per heavy atom. The van der Waals surface area contributed by atoms with Crippen molar-refractivity contribution in [3.05, 3.63) is 46.8 Å². The Balaban J connectivity index is 1.70. The second kappa shape index (κ2) is 8.61. The van der Waals surface area contributed by atoms with E-state index >= 15 is 0 Å². The van der Waals surface area contributed by atoms with Gasteiger partial charge in [-0.25, -0.2) is 0 Å². The molecule has 1 aromatic carbocycles. The van der Waals surface area contributed by atoms with Gasteiger partial charge in [0.25, 0.3) is 0 Å². The molecule has 146 valence electrons. The van der Waals surface area contributed by atoms with Gasteiger partial charge in [0.2, 0.25) is 0 Å². The third-order valence-corrected chi connectivity index (χ3v) is 6.34. The molecule has 0 spiro atoms. The van der Waals surface area contributed by atoms with Crippen LogP contribution in [0.25, 0.3) is 0 Å². The van der Waals surface area contributed by atoms with Crippen LogP contribution >= 0.6 is 11.8 Å². The maximum absolute atomic E-state index is 13.0. The number of aromatic nitrogens is 2. The molecule has 1 fully saturated rings. The first-order chi connectivity index (χ1) is 12.9. The van der Waals surface area contributed by atoms with Gasteiger partial charge in [0.1, 0.15) is 0 Å². The minimum Gasteiger partial charge on any atom is -0.298 e.